The van der Waals surface area contributed by atoms with Gasteiger partial charge in [-0.05, 0) is 50.1 Å². The number of amides is 1. The van der Waals surface area contributed by atoms with Crippen LogP contribution in [-0.4, -0.2) is 47.0 Å². The number of carbonyl (C=O) groups excluding carboxylic acids is 1. The molecule has 1 fully saturated rings. The third-order valence-corrected chi connectivity index (χ3v) is 8.36. The smallest absolute Gasteiger partial charge is 0.243 e. The first-order chi connectivity index (χ1) is 15.8. The van der Waals surface area contributed by atoms with E-state index in [4.69, 9.17) is 0 Å². The first-order valence-corrected chi connectivity index (χ1v) is 13.1. The molecule has 33 heavy (non-hydrogen) atoms. The average Bonchev–Trinajstić information content (AvgIpc) is 3.17. The van der Waals surface area contributed by atoms with Crippen LogP contribution in [0.5, 0.6) is 0 Å². The highest BCUT2D eigenvalue weighted by molar-refractivity contribution is 7.99. The van der Waals surface area contributed by atoms with E-state index in [-0.39, 0.29) is 16.3 Å². The second kappa shape index (κ2) is 9.78. The van der Waals surface area contributed by atoms with Crippen LogP contribution in [0, 0.1) is 11.6 Å². The van der Waals surface area contributed by atoms with Gasteiger partial charge < -0.3 is 9.88 Å². The summed E-state index contributed by atoms with van der Waals surface area (Å²) < 4.78 is 56.2. The molecule has 0 saturated carbocycles. The number of aromatic nitrogens is 2. The van der Waals surface area contributed by atoms with E-state index in [1.807, 2.05) is 11.5 Å². The Morgan fingerprint density at radius 3 is 2.58 bits per heavy atom. The van der Waals surface area contributed by atoms with Crippen molar-refractivity contribution in [3.8, 4) is 0 Å². The normalized spacial score (nSPS) is 15.1. The molecule has 4 rings (SSSR count). The third kappa shape index (κ3) is 5.04. The fourth-order valence-electron chi connectivity index (χ4n) is 3.83. The summed E-state index contributed by atoms with van der Waals surface area (Å²) >= 11 is 1.16. The van der Waals surface area contributed by atoms with Gasteiger partial charge in [-0.15, -0.1) is 0 Å². The van der Waals surface area contributed by atoms with E-state index < -0.39 is 27.6 Å². The van der Waals surface area contributed by atoms with Gasteiger partial charge in [-0.1, -0.05) is 18.2 Å². The van der Waals surface area contributed by atoms with Crippen LogP contribution < -0.4 is 5.32 Å². The summed E-state index contributed by atoms with van der Waals surface area (Å²) in [5.74, 6) is -2.08. The van der Waals surface area contributed by atoms with Crippen LogP contribution in [0.2, 0.25) is 0 Å². The number of hydrogen-bond acceptors (Lipinski definition) is 5. The van der Waals surface area contributed by atoms with Gasteiger partial charge in [0.25, 0.3) is 0 Å². The first kappa shape index (κ1) is 23.7. The molecule has 176 valence electrons. The van der Waals surface area contributed by atoms with Crippen molar-refractivity contribution < 1.29 is 22.0 Å². The van der Waals surface area contributed by atoms with Crippen molar-refractivity contribution in [2.24, 2.45) is 0 Å². The van der Waals surface area contributed by atoms with Crippen molar-refractivity contribution in [2.45, 2.75) is 42.8 Å². The number of benzene rings is 2. The molecule has 1 aromatic heterocycles. The molecule has 0 bridgehead atoms. The van der Waals surface area contributed by atoms with E-state index in [2.05, 4.69) is 10.3 Å². The summed E-state index contributed by atoms with van der Waals surface area (Å²) in [5.41, 5.74) is 1.20. The maximum absolute atomic E-state index is 13.8. The number of imidazole rings is 1. The highest BCUT2D eigenvalue weighted by Gasteiger charge is 2.26. The van der Waals surface area contributed by atoms with Gasteiger partial charge in [0.05, 0.1) is 27.4 Å². The lowest BCUT2D eigenvalue weighted by Crippen LogP contribution is -2.35. The van der Waals surface area contributed by atoms with E-state index in [1.54, 1.807) is 18.2 Å². The number of thioether (sulfide) groups is 1. The fraction of sp³-hybridized carbons (Fsp3) is 0.364. The van der Waals surface area contributed by atoms with Gasteiger partial charge in [-0.3, -0.25) is 4.79 Å². The zero-order valence-corrected chi connectivity index (χ0v) is 19.7. The van der Waals surface area contributed by atoms with Crippen LogP contribution in [0.25, 0.3) is 11.0 Å². The van der Waals surface area contributed by atoms with Crippen molar-refractivity contribution in [2.75, 3.05) is 24.2 Å². The predicted octanol–water partition coefficient (Wildman–Crippen LogP) is 4.24. The largest absolute Gasteiger partial charge is 0.323 e. The monoisotopic (exact) mass is 494 g/mol. The molecule has 1 aliphatic rings. The lowest BCUT2D eigenvalue weighted by atomic mass is 10.2. The number of carbonyl (C=O) groups is 1. The quantitative estimate of drug-likeness (QED) is 0.497. The van der Waals surface area contributed by atoms with Gasteiger partial charge >= 0.3 is 0 Å². The standard InChI is InChI=1S/C22H24F2N4O3S2/c1-2-28-20-9-7-16(33(30,31)27-10-4-3-5-11-27)13-19(20)26-22(28)32-14-21(29)25-18-8-6-15(23)12-17(18)24/h6-9,12-13H,2-5,10-11,14H2,1H3,(H,25,29). The summed E-state index contributed by atoms with van der Waals surface area (Å²) in [6, 6.07) is 7.84. The van der Waals surface area contributed by atoms with Gasteiger partial charge in [-0.25, -0.2) is 22.2 Å². The topological polar surface area (TPSA) is 84.3 Å². The molecule has 11 heteroatoms. The molecule has 0 spiro atoms. The highest BCUT2D eigenvalue weighted by atomic mass is 32.2. The first-order valence-electron chi connectivity index (χ1n) is 10.7. The van der Waals surface area contributed by atoms with Gasteiger partial charge in [0, 0.05) is 25.7 Å². The Balaban J connectivity index is 1.52. The average molecular weight is 495 g/mol. The minimum Gasteiger partial charge on any atom is -0.323 e. The molecule has 0 aliphatic carbocycles. The summed E-state index contributed by atoms with van der Waals surface area (Å²) in [6.45, 7) is 3.55. The number of rotatable bonds is 7. The molecule has 1 N–H and O–H groups in total. The van der Waals surface area contributed by atoms with Crippen LogP contribution in [0.15, 0.2) is 46.5 Å². The number of nitrogens with one attached hydrogen (secondary N) is 1. The second-order valence-electron chi connectivity index (χ2n) is 7.71. The van der Waals surface area contributed by atoms with Crippen LogP contribution in [0.3, 0.4) is 0 Å². The molecule has 0 unspecified atom stereocenters. The maximum Gasteiger partial charge on any atom is 0.243 e. The Morgan fingerprint density at radius 2 is 1.88 bits per heavy atom. The number of nitrogens with zero attached hydrogens (tertiary/aromatic N) is 3. The fourth-order valence-corrected chi connectivity index (χ4v) is 6.24. The van der Waals surface area contributed by atoms with Gasteiger partial charge in [0.1, 0.15) is 11.6 Å². The van der Waals surface area contributed by atoms with Crippen molar-refractivity contribution in [1.29, 1.82) is 0 Å². The Labute approximate surface area is 195 Å². The van der Waals surface area contributed by atoms with E-state index >= 15 is 0 Å². The number of piperidine rings is 1. The van der Waals surface area contributed by atoms with E-state index in [1.165, 1.54) is 10.4 Å². The number of fused-ring (bicyclic) bond motifs is 1. The highest BCUT2D eigenvalue weighted by Crippen LogP contribution is 2.28. The Hall–Kier alpha value is -2.50. The van der Waals surface area contributed by atoms with E-state index in [0.29, 0.717) is 36.4 Å². The molecule has 0 radical (unpaired) electrons. The van der Waals surface area contributed by atoms with Crippen molar-refractivity contribution >= 4 is 44.4 Å². The Kier molecular flexibility index (Phi) is 7.01. The number of hydrogen-bond donors (Lipinski definition) is 1. The lowest BCUT2D eigenvalue weighted by Gasteiger charge is -2.25. The summed E-state index contributed by atoms with van der Waals surface area (Å²) in [4.78, 5) is 17.0. The van der Waals surface area contributed by atoms with Crippen molar-refractivity contribution in [1.82, 2.24) is 13.9 Å². The maximum atomic E-state index is 13.8. The van der Waals surface area contributed by atoms with Gasteiger partial charge in [-0.2, -0.15) is 4.31 Å². The minimum atomic E-state index is -3.58. The van der Waals surface area contributed by atoms with Crippen molar-refractivity contribution in [3.63, 3.8) is 0 Å². The van der Waals surface area contributed by atoms with Crippen LogP contribution in [-0.2, 0) is 21.4 Å². The molecular weight excluding hydrogens is 470 g/mol. The summed E-state index contributed by atoms with van der Waals surface area (Å²) in [7, 11) is -3.58. The molecule has 3 aromatic rings. The number of halogens is 2. The Morgan fingerprint density at radius 1 is 1.12 bits per heavy atom. The SMILES string of the molecule is CCn1c(SCC(=O)Nc2ccc(F)cc2F)nc2cc(S(=O)(=O)N3CCCCC3)ccc21. The number of sulfonamides is 1. The Bertz CT molecular complexity index is 1290. The zero-order chi connectivity index (χ0) is 23.6. The molecular formula is C22H24F2N4O3S2. The molecule has 0 atom stereocenters. The molecule has 1 amide bonds. The minimum absolute atomic E-state index is 0.0426. The van der Waals surface area contributed by atoms with E-state index in [9.17, 15) is 22.0 Å². The predicted molar refractivity (Wildman–Crippen MR) is 124 cm³/mol. The molecule has 2 heterocycles. The molecule has 1 aliphatic heterocycles. The van der Waals surface area contributed by atoms with Crippen molar-refractivity contribution in [3.05, 3.63) is 48.0 Å². The number of aryl methyl sites for hydroxylation is 1. The number of anilines is 1. The summed E-state index contributed by atoms with van der Waals surface area (Å²) in [6.07, 6.45) is 2.75. The van der Waals surface area contributed by atoms with Crippen LogP contribution in [0.1, 0.15) is 26.2 Å². The van der Waals surface area contributed by atoms with Gasteiger partial charge in [0.2, 0.25) is 15.9 Å². The zero-order valence-electron chi connectivity index (χ0n) is 18.1. The molecule has 1 saturated heterocycles. The molecule has 2 aromatic carbocycles. The third-order valence-electron chi connectivity index (χ3n) is 5.49. The van der Waals surface area contributed by atoms with Crippen LogP contribution in [0.4, 0.5) is 14.5 Å². The van der Waals surface area contributed by atoms with Gasteiger partial charge in [0.15, 0.2) is 5.16 Å². The van der Waals surface area contributed by atoms with E-state index in [0.717, 1.165) is 42.6 Å². The lowest BCUT2D eigenvalue weighted by molar-refractivity contribution is -0.113. The van der Waals surface area contributed by atoms with Crippen LogP contribution >= 0.6 is 11.8 Å². The molecule has 7 nitrogen and oxygen atoms in total. The second-order valence-corrected chi connectivity index (χ2v) is 10.6. The summed E-state index contributed by atoms with van der Waals surface area (Å²) in [5, 5.41) is 2.97.